The third kappa shape index (κ3) is 3.92. The Hall–Kier alpha value is -3.74. The maximum atomic E-state index is 12.0. The van der Waals surface area contributed by atoms with Crippen molar-refractivity contribution in [2.24, 2.45) is 5.10 Å². The summed E-state index contributed by atoms with van der Waals surface area (Å²) < 4.78 is 2.00. The number of carboxylic acids is 1. The molecule has 3 rings (SSSR count). The molecule has 3 aromatic rings. The summed E-state index contributed by atoms with van der Waals surface area (Å²) in [6.45, 7) is 3.88. The zero-order valence-electron chi connectivity index (χ0n) is 14.9. The predicted octanol–water partition coefficient (Wildman–Crippen LogP) is 2.95. The van der Waals surface area contributed by atoms with Gasteiger partial charge in [-0.1, -0.05) is 0 Å². The lowest BCUT2D eigenvalue weighted by Gasteiger charge is -2.09. The van der Waals surface area contributed by atoms with Crippen LogP contribution < -0.4 is 5.43 Å². The van der Waals surface area contributed by atoms with Gasteiger partial charge in [0.05, 0.1) is 11.8 Å². The van der Waals surface area contributed by atoms with Crippen LogP contribution in [0.4, 0.5) is 0 Å². The second-order valence-electron chi connectivity index (χ2n) is 5.95. The summed E-state index contributed by atoms with van der Waals surface area (Å²) in [7, 11) is 0. The SMILES string of the molecule is Cc1cc(/C=N/NC(=O)c2ccncc2)c(C)n1-c1ccc(C(=O)O)cc1. The van der Waals surface area contributed by atoms with Gasteiger partial charge in [-0.3, -0.25) is 9.78 Å². The van der Waals surface area contributed by atoms with Gasteiger partial charge in [0.15, 0.2) is 0 Å². The van der Waals surface area contributed by atoms with E-state index in [9.17, 15) is 9.59 Å². The highest BCUT2D eigenvalue weighted by Gasteiger charge is 2.11. The van der Waals surface area contributed by atoms with Crippen LogP contribution in [0.2, 0.25) is 0 Å². The van der Waals surface area contributed by atoms with Crippen LogP contribution in [0, 0.1) is 13.8 Å². The van der Waals surface area contributed by atoms with Crippen molar-refractivity contribution in [1.82, 2.24) is 15.0 Å². The van der Waals surface area contributed by atoms with Crippen molar-refractivity contribution in [1.29, 1.82) is 0 Å². The molecule has 2 aromatic heterocycles. The zero-order chi connectivity index (χ0) is 19.4. The number of rotatable bonds is 5. The first-order chi connectivity index (χ1) is 13.0. The topological polar surface area (TPSA) is 96.6 Å². The van der Waals surface area contributed by atoms with Gasteiger partial charge in [0.1, 0.15) is 0 Å². The van der Waals surface area contributed by atoms with Crippen LogP contribution in [-0.2, 0) is 0 Å². The number of nitrogens with zero attached hydrogens (tertiary/aromatic N) is 3. The van der Waals surface area contributed by atoms with Crippen molar-refractivity contribution >= 4 is 18.1 Å². The van der Waals surface area contributed by atoms with Crippen molar-refractivity contribution in [3.8, 4) is 5.69 Å². The monoisotopic (exact) mass is 362 g/mol. The summed E-state index contributed by atoms with van der Waals surface area (Å²) in [6, 6.07) is 11.8. The molecule has 0 atom stereocenters. The number of nitrogens with one attached hydrogen (secondary N) is 1. The van der Waals surface area contributed by atoms with Crippen molar-refractivity contribution in [2.45, 2.75) is 13.8 Å². The van der Waals surface area contributed by atoms with Crippen LogP contribution in [0.1, 0.15) is 37.7 Å². The molecule has 0 saturated carbocycles. The standard InChI is InChI=1S/C20H18N4O3/c1-13-11-17(12-22-23-19(25)15-7-9-21-10-8-15)14(2)24(13)18-5-3-16(4-6-18)20(26)27/h3-12H,1-2H3,(H,23,25)(H,26,27)/b22-12+. The molecule has 1 amide bonds. The van der Waals surface area contributed by atoms with Crippen molar-refractivity contribution < 1.29 is 14.7 Å². The summed E-state index contributed by atoms with van der Waals surface area (Å²) >= 11 is 0. The van der Waals surface area contributed by atoms with Crippen LogP contribution in [0.15, 0.2) is 60.0 Å². The highest BCUT2D eigenvalue weighted by molar-refractivity contribution is 5.94. The first kappa shape index (κ1) is 18.1. The Labute approximate surface area is 156 Å². The molecule has 0 spiro atoms. The van der Waals surface area contributed by atoms with Crippen molar-refractivity contribution in [2.75, 3.05) is 0 Å². The lowest BCUT2D eigenvalue weighted by atomic mass is 10.2. The van der Waals surface area contributed by atoms with E-state index in [0.717, 1.165) is 22.6 Å². The Morgan fingerprint density at radius 1 is 1.07 bits per heavy atom. The largest absolute Gasteiger partial charge is 0.478 e. The number of hydrazone groups is 1. The third-order valence-electron chi connectivity index (χ3n) is 4.15. The maximum absolute atomic E-state index is 12.0. The second-order valence-corrected chi connectivity index (χ2v) is 5.95. The molecule has 2 N–H and O–H groups in total. The number of amides is 1. The molecule has 0 radical (unpaired) electrons. The molecule has 7 heteroatoms. The van der Waals surface area contributed by atoms with Gasteiger partial charge in [0.2, 0.25) is 0 Å². The molecular weight excluding hydrogens is 344 g/mol. The van der Waals surface area contributed by atoms with Crippen LogP contribution in [-0.4, -0.2) is 32.7 Å². The maximum Gasteiger partial charge on any atom is 0.335 e. The number of aromatic nitrogens is 2. The van der Waals surface area contributed by atoms with Crippen LogP contribution in [0.5, 0.6) is 0 Å². The average molecular weight is 362 g/mol. The zero-order valence-corrected chi connectivity index (χ0v) is 14.9. The molecule has 1 aromatic carbocycles. The van der Waals surface area contributed by atoms with Crippen LogP contribution >= 0.6 is 0 Å². The van der Waals surface area contributed by atoms with E-state index < -0.39 is 5.97 Å². The predicted molar refractivity (Wildman–Crippen MR) is 101 cm³/mol. The molecule has 0 saturated heterocycles. The van der Waals surface area contributed by atoms with Gasteiger partial charge in [0.25, 0.3) is 5.91 Å². The van der Waals surface area contributed by atoms with E-state index in [4.69, 9.17) is 5.11 Å². The Bertz CT molecular complexity index is 1010. The molecule has 0 aliphatic carbocycles. The number of hydrogen-bond donors (Lipinski definition) is 2. The van der Waals surface area contributed by atoms with Crippen LogP contribution in [0.25, 0.3) is 5.69 Å². The minimum absolute atomic E-state index is 0.238. The molecule has 0 unspecified atom stereocenters. The lowest BCUT2D eigenvalue weighted by molar-refractivity contribution is 0.0696. The summed E-state index contributed by atoms with van der Waals surface area (Å²) in [5.41, 5.74) is 6.81. The fourth-order valence-electron chi connectivity index (χ4n) is 2.80. The quantitative estimate of drug-likeness (QED) is 0.539. The fraction of sp³-hybridized carbons (Fsp3) is 0.100. The first-order valence-corrected chi connectivity index (χ1v) is 8.23. The smallest absolute Gasteiger partial charge is 0.335 e. The van der Waals surface area contributed by atoms with Crippen molar-refractivity contribution in [3.05, 3.63) is 82.9 Å². The van der Waals surface area contributed by atoms with E-state index in [2.05, 4.69) is 15.5 Å². The number of carbonyl (C=O) groups excluding carboxylic acids is 1. The van der Waals surface area contributed by atoms with Crippen LogP contribution in [0.3, 0.4) is 0 Å². The van der Waals surface area contributed by atoms with Gasteiger partial charge >= 0.3 is 5.97 Å². The highest BCUT2D eigenvalue weighted by Crippen LogP contribution is 2.20. The van der Waals surface area contributed by atoms with Gasteiger partial charge in [-0.05, 0) is 56.3 Å². The summed E-state index contributed by atoms with van der Waals surface area (Å²) in [4.78, 5) is 26.9. The van der Waals surface area contributed by atoms with E-state index in [1.54, 1.807) is 55.0 Å². The number of aryl methyl sites for hydroxylation is 1. The first-order valence-electron chi connectivity index (χ1n) is 8.23. The third-order valence-corrected chi connectivity index (χ3v) is 4.15. The molecule has 27 heavy (non-hydrogen) atoms. The summed E-state index contributed by atoms with van der Waals surface area (Å²) in [5.74, 6) is -1.27. The van der Waals surface area contributed by atoms with Gasteiger partial charge < -0.3 is 9.67 Å². The molecular formula is C20H18N4O3. The number of hydrogen-bond acceptors (Lipinski definition) is 4. The average Bonchev–Trinajstić information content (AvgIpc) is 2.96. The Morgan fingerprint density at radius 3 is 2.37 bits per heavy atom. The van der Waals surface area contributed by atoms with E-state index in [1.165, 1.54) is 0 Å². The Morgan fingerprint density at radius 2 is 1.74 bits per heavy atom. The molecule has 0 aliphatic heterocycles. The van der Waals surface area contributed by atoms with E-state index in [-0.39, 0.29) is 11.5 Å². The lowest BCUT2D eigenvalue weighted by Crippen LogP contribution is -2.17. The normalized spacial score (nSPS) is 10.9. The molecule has 0 aliphatic rings. The highest BCUT2D eigenvalue weighted by atomic mass is 16.4. The summed E-state index contributed by atoms with van der Waals surface area (Å²) in [5, 5.41) is 13.0. The number of aromatic carboxylic acids is 1. The molecule has 0 fully saturated rings. The minimum Gasteiger partial charge on any atom is -0.478 e. The van der Waals surface area contributed by atoms with E-state index in [1.807, 2.05) is 24.5 Å². The van der Waals surface area contributed by atoms with Gasteiger partial charge in [0, 0.05) is 40.6 Å². The Kier molecular flexibility index (Phi) is 5.12. The van der Waals surface area contributed by atoms with Gasteiger partial charge in [-0.2, -0.15) is 5.10 Å². The van der Waals surface area contributed by atoms with E-state index in [0.29, 0.717) is 5.56 Å². The van der Waals surface area contributed by atoms with Gasteiger partial charge in [-0.25, -0.2) is 10.2 Å². The number of carboxylic acid groups (broad SMARTS) is 1. The minimum atomic E-state index is -0.958. The molecule has 0 bridgehead atoms. The number of benzene rings is 1. The van der Waals surface area contributed by atoms with E-state index >= 15 is 0 Å². The fourth-order valence-corrected chi connectivity index (χ4v) is 2.80. The van der Waals surface area contributed by atoms with Gasteiger partial charge in [-0.15, -0.1) is 0 Å². The number of pyridine rings is 1. The molecule has 136 valence electrons. The Balaban J connectivity index is 1.79. The second kappa shape index (κ2) is 7.65. The number of carbonyl (C=O) groups is 2. The summed E-state index contributed by atoms with van der Waals surface area (Å²) in [6.07, 6.45) is 4.67. The van der Waals surface area contributed by atoms with Crippen molar-refractivity contribution in [3.63, 3.8) is 0 Å². The molecule has 7 nitrogen and oxygen atoms in total. The molecule has 2 heterocycles.